The molecule has 212 valence electrons. The van der Waals surface area contributed by atoms with Crippen LogP contribution in [0.5, 0.6) is 0 Å². The van der Waals surface area contributed by atoms with Crippen LogP contribution in [-0.2, 0) is 0 Å². The monoisotopic (exact) mass is 754 g/mol. The van der Waals surface area contributed by atoms with Gasteiger partial charge in [0, 0.05) is 47.4 Å². The van der Waals surface area contributed by atoms with Gasteiger partial charge in [-0.15, -0.1) is 67.4 Å². The number of hydrogen-bond donors (Lipinski definition) is 0. The summed E-state index contributed by atoms with van der Waals surface area (Å²) >= 11 is 21.7. The van der Waals surface area contributed by atoms with E-state index in [1.54, 1.807) is 69.7 Å². The molecule has 4 heterocycles. The number of thioether (sulfide) groups is 10. The second-order valence-electron chi connectivity index (χ2n) is 7.21. The van der Waals surface area contributed by atoms with Gasteiger partial charge in [0.15, 0.2) is 8.68 Å². The van der Waals surface area contributed by atoms with Gasteiger partial charge in [-0.05, 0) is 13.8 Å². The van der Waals surface area contributed by atoms with Gasteiger partial charge in [0.25, 0.3) is 0 Å². The molecule has 0 atom stereocenters. The fraction of sp³-hybridized carbons (Fsp3) is 0.455. The molecule has 0 saturated heterocycles. The van der Waals surface area contributed by atoms with E-state index in [2.05, 4.69) is 32.5 Å². The predicted molar refractivity (Wildman–Crippen MR) is 192 cm³/mol. The average Bonchev–Trinajstić information content (AvgIpc) is 3.73. The van der Waals surface area contributed by atoms with Crippen molar-refractivity contribution in [1.82, 2.24) is 20.4 Å². The molecule has 18 heteroatoms. The molecule has 0 saturated carbocycles. The summed E-state index contributed by atoms with van der Waals surface area (Å²) in [6.07, 6.45) is 1.08. The molecule has 2 aromatic heterocycles. The van der Waals surface area contributed by atoms with Crippen molar-refractivity contribution in [2.45, 2.75) is 35.4 Å². The Kier molecular flexibility index (Phi) is 15.7. The smallest absolute Gasteiger partial charge is 0.174 e. The van der Waals surface area contributed by atoms with Crippen LogP contribution in [0.25, 0.3) is 0 Å². The maximum atomic E-state index is 9.00. The van der Waals surface area contributed by atoms with Gasteiger partial charge in [0.1, 0.15) is 10.0 Å². The van der Waals surface area contributed by atoms with Crippen LogP contribution in [-0.4, -0.2) is 54.9 Å². The first-order valence-corrected chi connectivity index (χ1v) is 22.4. The lowest BCUT2D eigenvalue weighted by atomic mass is 10.6. The molecule has 4 rings (SSSR count). The molecule has 6 nitrogen and oxygen atoms in total. The molecule has 0 radical (unpaired) electrons. The van der Waals surface area contributed by atoms with Crippen LogP contribution in [0.15, 0.2) is 34.1 Å². The van der Waals surface area contributed by atoms with Crippen molar-refractivity contribution in [3.05, 3.63) is 35.4 Å². The van der Waals surface area contributed by atoms with Gasteiger partial charge < -0.3 is 0 Å². The van der Waals surface area contributed by atoms with Gasteiger partial charge >= 0.3 is 0 Å². The van der Waals surface area contributed by atoms with E-state index in [4.69, 9.17) is 10.5 Å². The highest BCUT2D eigenvalue weighted by Gasteiger charge is 2.31. The van der Waals surface area contributed by atoms with E-state index in [1.165, 1.54) is 25.4 Å². The molecule has 2 aliphatic rings. The fourth-order valence-electron chi connectivity index (χ4n) is 2.64. The minimum Gasteiger partial charge on any atom is -0.198 e. The number of aromatic nitrogens is 4. The highest BCUT2D eigenvalue weighted by Crippen LogP contribution is 2.66. The van der Waals surface area contributed by atoms with Crippen molar-refractivity contribution in [3.8, 4) is 12.1 Å². The quantitative estimate of drug-likeness (QED) is 0.120. The summed E-state index contributed by atoms with van der Waals surface area (Å²) in [5.74, 6) is 5.61. The Bertz CT molecular complexity index is 1240. The molecule has 40 heavy (non-hydrogen) atoms. The largest absolute Gasteiger partial charge is 0.198 e. The van der Waals surface area contributed by atoms with Crippen LogP contribution in [0.3, 0.4) is 0 Å². The topological polar surface area (TPSA) is 99.1 Å². The van der Waals surface area contributed by atoms with Crippen molar-refractivity contribution in [3.63, 3.8) is 0 Å². The summed E-state index contributed by atoms with van der Waals surface area (Å²) in [6.45, 7) is 3.98. The normalized spacial score (nSPS) is 15.4. The Balaban J connectivity index is 1.38. The van der Waals surface area contributed by atoms with E-state index in [1.807, 2.05) is 84.4 Å². The standard InChI is InChI=1S/C22H22N6S12/c1-13-25-27-21(35-13)33-11-9-31-17-18(32-10-12-34-22-28-26-14(2)36-22)40-20(39-17)19-37-15(29-7-3-5-23)16(38-19)30-8-4-6-24/h3-4,7-12H2,1-2H3. The van der Waals surface area contributed by atoms with E-state index < -0.39 is 0 Å². The first-order valence-electron chi connectivity index (χ1n) is 11.6. The Hall–Kier alpha value is 0.820. The predicted octanol–water partition coefficient (Wildman–Crippen LogP) is 9.99. The van der Waals surface area contributed by atoms with Gasteiger partial charge in [0.05, 0.1) is 37.6 Å². The van der Waals surface area contributed by atoms with E-state index in [9.17, 15) is 0 Å². The number of nitriles is 2. The Morgan fingerprint density at radius 2 is 0.875 bits per heavy atom. The Morgan fingerprint density at radius 3 is 1.20 bits per heavy atom. The summed E-state index contributed by atoms with van der Waals surface area (Å²) in [5.41, 5.74) is 0. The third-order valence-electron chi connectivity index (χ3n) is 4.23. The van der Waals surface area contributed by atoms with Gasteiger partial charge in [0.2, 0.25) is 0 Å². The minimum atomic E-state index is 0.539. The van der Waals surface area contributed by atoms with Gasteiger partial charge in [-0.2, -0.15) is 10.5 Å². The lowest BCUT2D eigenvalue weighted by Crippen LogP contribution is -1.86. The minimum absolute atomic E-state index is 0.539. The summed E-state index contributed by atoms with van der Waals surface area (Å²) in [4.78, 5) is 0. The number of nitrogens with zero attached hydrogens (tertiary/aromatic N) is 6. The summed E-state index contributed by atoms with van der Waals surface area (Å²) in [6, 6.07) is 4.50. The van der Waals surface area contributed by atoms with E-state index in [0.717, 1.165) is 53.2 Å². The Labute approximate surface area is 285 Å². The molecular formula is C22H22N6S12. The van der Waals surface area contributed by atoms with Crippen molar-refractivity contribution in [2.75, 3.05) is 34.5 Å². The highest BCUT2D eigenvalue weighted by molar-refractivity contribution is 8.45. The van der Waals surface area contributed by atoms with E-state index in [-0.39, 0.29) is 0 Å². The second-order valence-corrected chi connectivity index (χ2v) is 22.3. The molecule has 0 amide bonds. The third kappa shape index (κ3) is 11.1. The van der Waals surface area contributed by atoms with Crippen LogP contribution in [0, 0.1) is 36.5 Å². The maximum absolute atomic E-state index is 9.00. The zero-order valence-corrected chi connectivity index (χ0v) is 31.0. The van der Waals surface area contributed by atoms with Gasteiger partial charge in [-0.3, -0.25) is 0 Å². The van der Waals surface area contributed by atoms with Crippen molar-refractivity contribution >= 4 is 140 Å². The van der Waals surface area contributed by atoms with Crippen molar-refractivity contribution in [2.24, 2.45) is 0 Å². The van der Waals surface area contributed by atoms with Gasteiger partial charge in [-0.1, -0.05) is 93.2 Å². The fourth-order valence-corrected chi connectivity index (χ4v) is 18.3. The number of aryl methyl sites for hydroxylation is 2. The van der Waals surface area contributed by atoms with Crippen molar-refractivity contribution in [1.29, 1.82) is 10.5 Å². The first-order chi connectivity index (χ1) is 19.6. The summed E-state index contributed by atoms with van der Waals surface area (Å²) < 4.78 is 10.0. The van der Waals surface area contributed by atoms with Crippen LogP contribution >= 0.6 is 140 Å². The Morgan fingerprint density at radius 1 is 0.525 bits per heavy atom. The molecule has 0 N–H and O–H groups in total. The maximum Gasteiger partial charge on any atom is 0.174 e. The number of hydrogen-bond acceptors (Lipinski definition) is 18. The summed E-state index contributed by atoms with van der Waals surface area (Å²) in [7, 11) is 0. The molecule has 0 aliphatic carbocycles. The van der Waals surface area contributed by atoms with Crippen LogP contribution < -0.4 is 0 Å². The van der Waals surface area contributed by atoms with Crippen LogP contribution in [0.4, 0.5) is 0 Å². The van der Waals surface area contributed by atoms with E-state index >= 15 is 0 Å². The SMILES string of the molecule is Cc1nnc(SCCSC2=C(SCCSc3nnc(C)s3)SC(=C3SC(SCCC#N)=C(SCCC#N)S3)S2)s1. The average molecular weight is 755 g/mol. The molecule has 2 aromatic rings. The van der Waals surface area contributed by atoms with Gasteiger partial charge in [-0.25, -0.2) is 0 Å². The first kappa shape index (κ1) is 33.7. The molecule has 0 fully saturated rings. The second kappa shape index (κ2) is 18.6. The van der Waals surface area contributed by atoms with E-state index in [0.29, 0.717) is 12.8 Å². The van der Waals surface area contributed by atoms with Crippen LogP contribution in [0.2, 0.25) is 0 Å². The zero-order valence-electron chi connectivity index (χ0n) is 21.2. The number of rotatable bonds is 16. The van der Waals surface area contributed by atoms with Crippen LogP contribution in [0.1, 0.15) is 22.9 Å². The lowest BCUT2D eigenvalue weighted by molar-refractivity contribution is 0.984. The molecule has 0 bridgehead atoms. The molecule has 0 aromatic carbocycles. The summed E-state index contributed by atoms with van der Waals surface area (Å²) in [5, 5.41) is 36.7. The van der Waals surface area contributed by atoms with Crippen molar-refractivity contribution < 1.29 is 0 Å². The molecular weight excluding hydrogens is 733 g/mol. The molecule has 0 spiro atoms. The molecule has 2 aliphatic heterocycles. The zero-order chi connectivity index (χ0) is 28.2. The highest BCUT2D eigenvalue weighted by atomic mass is 32.3. The lowest BCUT2D eigenvalue weighted by Gasteiger charge is -2.04. The molecule has 0 unspecified atom stereocenters. The third-order valence-corrected chi connectivity index (χ3v) is 20.3.